The molecule has 0 radical (unpaired) electrons. The van der Waals surface area contributed by atoms with Crippen LogP contribution in [0.1, 0.15) is 37.0 Å². The number of nitrogens with one attached hydrogen (secondary N) is 1. The van der Waals surface area contributed by atoms with E-state index in [1.165, 1.54) is 10.6 Å². The Bertz CT molecular complexity index is 475. The molecule has 18 heavy (non-hydrogen) atoms. The van der Waals surface area contributed by atoms with Crippen LogP contribution in [0.25, 0.3) is 0 Å². The van der Waals surface area contributed by atoms with Gasteiger partial charge in [0.1, 0.15) is 0 Å². The van der Waals surface area contributed by atoms with E-state index in [4.69, 9.17) is 5.73 Å². The molecule has 0 aliphatic rings. The molecule has 1 amide bonds. The lowest BCUT2D eigenvalue weighted by Gasteiger charge is -2.26. The van der Waals surface area contributed by atoms with Gasteiger partial charge in [-0.1, -0.05) is 13.8 Å². The molecule has 0 atom stereocenters. The van der Waals surface area contributed by atoms with Crippen molar-refractivity contribution in [1.82, 2.24) is 9.88 Å². The van der Waals surface area contributed by atoms with Crippen LogP contribution in [0.2, 0.25) is 0 Å². The number of amides is 1. The van der Waals surface area contributed by atoms with E-state index >= 15 is 0 Å². The Balaban J connectivity index is 2.71. The number of hydrogen-bond acceptors (Lipinski definition) is 3. The number of carbonyl (C=O) groups excluding carboxylic acids is 1. The number of hydrogen-bond donors (Lipinski definition) is 2. The maximum absolute atomic E-state index is 11.9. The zero-order valence-electron chi connectivity index (χ0n) is 11.2. The fourth-order valence-corrected chi connectivity index (χ4v) is 1.55. The lowest BCUT2D eigenvalue weighted by molar-refractivity contribution is 0.0942. The molecule has 0 saturated carbocycles. The highest BCUT2D eigenvalue weighted by atomic mass is 16.2. The molecular formula is C13H21N3O2. The molecule has 0 unspecified atom stereocenters. The van der Waals surface area contributed by atoms with Gasteiger partial charge in [-0.2, -0.15) is 0 Å². The molecule has 1 aromatic heterocycles. The van der Waals surface area contributed by atoms with Crippen LogP contribution < -0.4 is 16.6 Å². The summed E-state index contributed by atoms with van der Waals surface area (Å²) in [4.78, 5) is 23.3. The molecule has 0 aromatic carbocycles. The molecule has 0 fully saturated rings. The highest BCUT2D eigenvalue weighted by Crippen LogP contribution is 2.09. The summed E-state index contributed by atoms with van der Waals surface area (Å²) in [5, 5.41) is 2.78. The van der Waals surface area contributed by atoms with Crippen molar-refractivity contribution in [3.05, 3.63) is 34.2 Å². The second kappa shape index (κ2) is 5.82. The van der Waals surface area contributed by atoms with Crippen LogP contribution in [-0.2, 0) is 7.05 Å². The molecule has 0 aliphatic heterocycles. The zero-order chi connectivity index (χ0) is 13.8. The average Bonchev–Trinajstić information content (AvgIpc) is 2.38. The van der Waals surface area contributed by atoms with Gasteiger partial charge < -0.3 is 15.6 Å². The number of nitrogens with zero attached hydrogens (tertiary/aromatic N) is 1. The van der Waals surface area contributed by atoms with E-state index in [9.17, 15) is 9.59 Å². The summed E-state index contributed by atoms with van der Waals surface area (Å²) < 4.78 is 1.42. The Labute approximate surface area is 107 Å². The Morgan fingerprint density at radius 3 is 2.56 bits per heavy atom. The summed E-state index contributed by atoms with van der Waals surface area (Å²) in [6.45, 7) is 4.40. The Morgan fingerprint density at radius 2 is 2.06 bits per heavy atom. The number of aryl methyl sites for hydroxylation is 1. The van der Waals surface area contributed by atoms with Crippen LogP contribution in [0.15, 0.2) is 23.1 Å². The van der Waals surface area contributed by atoms with Crippen molar-refractivity contribution in [3.63, 3.8) is 0 Å². The Morgan fingerprint density at radius 1 is 1.44 bits per heavy atom. The van der Waals surface area contributed by atoms with Crippen molar-refractivity contribution in [2.75, 3.05) is 6.54 Å². The average molecular weight is 251 g/mol. The Hall–Kier alpha value is -1.62. The zero-order valence-corrected chi connectivity index (χ0v) is 11.2. The number of pyridine rings is 1. The maximum Gasteiger partial charge on any atom is 0.251 e. The lowest BCUT2D eigenvalue weighted by Crippen LogP contribution is -2.49. The van der Waals surface area contributed by atoms with Crippen LogP contribution >= 0.6 is 0 Å². The first-order chi connectivity index (χ1) is 8.41. The number of aromatic nitrogens is 1. The van der Waals surface area contributed by atoms with Gasteiger partial charge in [-0.25, -0.2) is 0 Å². The molecule has 0 aliphatic carbocycles. The van der Waals surface area contributed by atoms with Crippen molar-refractivity contribution in [2.45, 2.75) is 32.2 Å². The van der Waals surface area contributed by atoms with Gasteiger partial charge in [-0.3, -0.25) is 9.59 Å². The minimum Gasteiger partial charge on any atom is -0.350 e. The van der Waals surface area contributed by atoms with Crippen LogP contribution in [0.4, 0.5) is 0 Å². The topological polar surface area (TPSA) is 77.1 Å². The van der Waals surface area contributed by atoms with Gasteiger partial charge in [-0.15, -0.1) is 0 Å². The lowest BCUT2D eigenvalue weighted by atomic mass is 9.94. The van der Waals surface area contributed by atoms with Gasteiger partial charge in [0.2, 0.25) is 0 Å². The quantitative estimate of drug-likeness (QED) is 0.806. The summed E-state index contributed by atoms with van der Waals surface area (Å²) in [6.07, 6.45) is 3.16. The van der Waals surface area contributed by atoms with E-state index in [2.05, 4.69) is 5.32 Å². The summed E-state index contributed by atoms with van der Waals surface area (Å²) in [5.74, 6) is -0.260. The van der Waals surface area contributed by atoms with E-state index in [1.54, 1.807) is 19.3 Å². The second-order valence-corrected chi connectivity index (χ2v) is 4.62. The second-order valence-electron chi connectivity index (χ2n) is 4.62. The number of carbonyl (C=O) groups is 1. The first kappa shape index (κ1) is 14.4. The molecule has 0 saturated heterocycles. The predicted octanol–water partition coefficient (Wildman–Crippen LogP) is 0.633. The van der Waals surface area contributed by atoms with Gasteiger partial charge in [-0.05, 0) is 18.9 Å². The molecule has 5 nitrogen and oxygen atoms in total. The monoisotopic (exact) mass is 251 g/mol. The largest absolute Gasteiger partial charge is 0.350 e. The van der Waals surface area contributed by atoms with Crippen molar-refractivity contribution in [3.8, 4) is 0 Å². The standard InChI is InChI=1S/C13H21N3O2/c1-4-13(14,5-2)9-15-12(18)10-6-7-16(3)11(17)8-10/h6-8H,4-5,9,14H2,1-3H3,(H,15,18). The SMILES string of the molecule is CCC(N)(CC)CNC(=O)c1ccn(C)c(=O)c1. The van der Waals surface area contributed by atoms with E-state index in [0.29, 0.717) is 12.1 Å². The van der Waals surface area contributed by atoms with E-state index < -0.39 is 0 Å². The third-order valence-electron chi connectivity index (χ3n) is 3.38. The van der Waals surface area contributed by atoms with Gasteiger partial charge >= 0.3 is 0 Å². The third kappa shape index (κ3) is 3.43. The minimum atomic E-state index is -0.380. The van der Waals surface area contributed by atoms with Crippen LogP contribution in [0.5, 0.6) is 0 Å². The maximum atomic E-state index is 11.9. The van der Waals surface area contributed by atoms with Crippen LogP contribution in [0.3, 0.4) is 0 Å². The first-order valence-corrected chi connectivity index (χ1v) is 6.15. The van der Waals surface area contributed by atoms with E-state index in [0.717, 1.165) is 12.8 Å². The van der Waals surface area contributed by atoms with Gasteiger partial charge in [0.25, 0.3) is 11.5 Å². The number of nitrogens with two attached hydrogens (primary N) is 1. The van der Waals surface area contributed by atoms with Crippen molar-refractivity contribution in [1.29, 1.82) is 0 Å². The predicted molar refractivity (Wildman–Crippen MR) is 71.5 cm³/mol. The van der Waals surface area contributed by atoms with Crippen molar-refractivity contribution in [2.24, 2.45) is 12.8 Å². The van der Waals surface area contributed by atoms with Gasteiger partial charge in [0, 0.05) is 37.0 Å². The normalized spacial score (nSPS) is 11.3. The van der Waals surface area contributed by atoms with E-state index in [-0.39, 0.29) is 17.0 Å². The Kier molecular flexibility index (Phi) is 4.67. The molecular weight excluding hydrogens is 230 g/mol. The van der Waals surface area contributed by atoms with E-state index in [1.807, 2.05) is 13.8 Å². The molecule has 3 N–H and O–H groups in total. The van der Waals surface area contributed by atoms with Gasteiger partial charge in [0.05, 0.1) is 0 Å². The fourth-order valence-electron chi connectivity index (χ4n) is 1.55. The molecule has 100 valence electrons. The minimum absolute atomic E-state index is 0.201. The third-order valence-corrected chi connectivity index (χ3v) is 3.38. The molecule has 1 rings (SSSR count). The number of rotatable bonds is 5. The molecule has 1 heterocycles. The highest BCUT2D eigenvalue weighted by Gasteiger charge is 2.21. The smallest absolute Gasteiger partial charge is 0.251 e. The summed E-state index contributed by atoms with van der Waals surface area (Å²) in [5.41, 5.74) is 5.88. The molecule has 0 bridgehead atoms. The molecule has 0 spiro atoms. The molecule has 1 aromatic rings. The summed E-state index contributed by atoms with van der Waals surface area (Å²) in [6, 6.07) is 2.94. The fraction of sp³-hybridized carbons (Fsp3) is 0.538. The summed E-state index contributed by atoms with van der Waals surface area (Å²) in [7, 11) is 1.64. The van der Waals surface area contributed by atoms with Gasteiger partial charge in [0.15, 0.2) is 0 Å². The highest BCUT2D eigenvalue weighted by molar-refractivity contribution is 5.94. The molecule has 5 heteroatoms. The first-order valence-electron chi connectivity index (χ1n) is 6.15. The van der Waals surface area contributed by atoms with Crippen LogP contribution in [-0.4, -0.2) is 22.6 Å². The van der Waals surface area contributed by atoms with Crippen molar-refractivity contribution >= 4 is 5.91 Å². The van der Waals surface area contributed by atoms with Crippen molar-refractivity contribution < 1.29 is 4.79 Å². The van der Waals surface area contributed by atoms with Crippen LogP contribution in [0, 0.1) is 0 Å². The summed E-state index contributed by atoms with van der Waals surface area (Å²) >= 11 is 0.